The van der Waals surface area contributed by atoms with Crippen molar-refractivity contribution in [2.45, 2.75) is 26.7 Å². The van der Waals surface area contributed by atoms with Crippen molar-refractivity contribution in [1.82, 2.24) is 0 Å². The normalized spacial score (nSPS) is 19.2. The summed E-state index contributed by atoms with van der Waals surface area (Å²) >= 11 is 0. The fraction of sp³-hybridized carbons (Fsp3) is 0.556. The van der Waals surface area contributed by atoms with Crippen molar-refractivity contribution in [1.29, 1.82) is 0 Å². The third-order valence-corrected chi connectivity index (χ3v) is 1.81. The van der Waals surface area contributed by atoms with Gasteiger partial charge in [-0.15, -0.1) is 0 Å². The molecule has 0 radical (unpaired) electrons. The van der Waals surface area contributed by atoms with Crippen molar-refractivity contribution in [2.75, 3.05) is 0 Å². The first-order valence-electron chi connectivity index (χ1n) is 3.87. The highest BCUT2D eigenvalue weighted by molar-refractivity contribution is 5.32. The molecule has 0 N–H and O–H groups in total. The molecule has 0 fully saturated rings. The molecule has 0 aromatic heterocycles. The summed E-state index contributed by atoms with van der Waals surface area (Å²) in [7, 11) is 0. The van der Waals surface area contributed by atoms with Crippen molar-refractivity contribution >= 4 is 0 Å². The van der Waals surface area contributed by atoms with Gasteiger partial charge < -0.3 is 0 Å². The number of hydrogen-bond donors (Lipinski definition) is 0. The lowest BCUT2D eigenvalue weighted by Crippen LogP contribution is -2.01. The zero-order valence-electron chi connectivity index (χ0n) is 6.82. The van der Waals surface area contributed by atoms with Crippen LogP contribution in [0.25, 0.3) is 0 Å². The van der Waals surface area contributed by atoms with Gasteiger partial charge in [0.2, 0.25) is 0 Å². The Hall–Kier alpha value is -0.660. The summed E-state index contributed by atoms with van der Waals surface area (Å²) in [6, 6.07) is 0. The summed E-state index contributed by atoms with van der Waals surface area (Å²) in [4.78, 5) is 0. The first-order valence-corrected chi connectivity index (χ1v) is 3.87. The van der Waals surface area contributed by atoms with Crippen molar-refractivity contribution in [2.24, 2.45) is 5.92 Å². The average molecular weight is 158 g/mol. The molecule has 0 spiro atoms. The highest BCUT2D eigenvalue weighted by Crippen LogP contribution is 2.31. The van der Waals surface area contributed by atoms with Gasteiger partial charge in [-0.3, -0.25) is 0 Å². The predicted octanol–water partition coefficient (Wildman–Crippen LogP) is 3.51. The Morgan fingerprint density at radius 1 is 1.36 bits per heavy atom. The van der Waals surface area contributed by atoms with Crippen LogP contribution in [0.3, 0.4) is 0 Å². The van der Waals surface area contributed by atoms with E-state index >= 15 is 0 Å². The van der Waals surface area contributed by atoms with E-state index in [2.05, 4.69) is 0 Å². The molecule has 0 nitrogen and oxygen atoms in total. The lowest BCUT2D eigenvalue weighted by atomic mass is 9.95. The molecule has 2 heteroatoms. The molecule has 0 heterocycles. The maximum atomic E-state index is 12.9. The van der Waals surface area contributed by atoms with Crippen molar-refractivity contribution in [3.05, 3.63) is 23.3 Å². The van der Waals surface area contributed by atoms with E-state index in [-0.39, 0.29) is 23.1 Å². The van der Waals surface area contributed by atoms with Crippen LogP contribution in [0.1, 0.15) is 26.7 Å². The number of rotatable bonds is 1. The minimum absolute atomic E-state index is 0.0495. The monoisotopic (exact) mass is 158 g/mol. The second kappa shape index (κ2) is 3.16. The molecule has 0 bridgehead atoms. The molecular weight excluding hydrogens is 146 g/mol. The quantitative estimate of drug-likeness (QED) is 0.547. The molecule has 0 aliphatic heterocycles. The van der Waals surface area contributed by atoms with Gasteiger partial charge in [0.1, 0.15) is 11.7 Å². The Labute approximate surface area is 65.6 Å². The van der Waals surface area contributed by atoms with Gasteiger partial charge >= 0.3 is 0 Å². The molecule has 0 unspecified atom stereocenters. The second-order valence-corrected chi connectivity index (χ2v) is 3.06. The van der Waals surface area contributed by atoms with E-state index in [4.69, 9.17) is 0 Å². The Morgan fingerprint density at radius 3 is 2.36 bits per heavy atom. The molecular formula is C9H12F2. The minimum Gasteiger partial charge on any atom is -0.211 e. The van der Waals surface area contributed by atoms with Gasteiger partial charge in [-0.2, -0.15) is 0 Å². The molecule has 0 saturated heterocycles. The third kappa shape index (κ3) is 1.67. The van der Waals surface area contributed by atoms with Crippen LogP contribution in [-0.4, -0.2) is 0 Å². The lowest BCUT2D eigenvalue weighted by molar-refractivity contribution is 0.509. The van der Waals surface area contributed by atoms with Gasteiger partial charge in [-0.1, -0.05) is 13.8 Å². The summed E-state index contributed by atoms with van der Waals surface area (Å²) in [6.07, 6.45) is 2.31. The average Bonchev–Trinajstić information content (AvgIpc) is 1.85. The number of hydrogen-bond acceptors (Lipinski definition) is 0. The SMILES string of the molecule is CC(C)C1=C(F)CCC=C1F. The first-order chi connectivity index (χ1) is 5.13. The van der Waals surface area contributed by atoms with Crippen LogP contribution >= 0.6 is 0 Å². The summed E-state index contributed by atoms with van der Waals surface area (Å²) in [5, 5.41) is 0. The number of allylic oxidation sites excluding steroid dienone is 4. The molecule has 1 aliphatic carbocycles. The van der Waals surface area contributed by atoms with Crippen LogP contribution in [0.15, 0.2) is 23.3 Å². The van der Waals surface area contributed by atoms with Crippen LogP contribution in [0, 0.1) is 5.92 Å². The molecule has 62 valence electrons. The van der Waals surface area contributed by atoms with Crippen LogP contribution in [0.5, 0.6) is 0 Å². The van der Waals surface area contributed by atoms with Crippen LogP contribution < -0.4 is 0 Å². The van der Waals surface area contributed by atoms with Crippen LogP contribution in [0.4, 0.5) is 8.78 Å². The molecule has 0 atom stereocenters. The summed E-state index contributed by atoms with van der Waals surface area (Å²) < 4.78 is 25.9. The van der Waals surface area contributed by atoms with E-state index in [0.717, 1.165) is 0 Å². The smallest absolute Gasteiger partial charge is 0.125 e. The summed E-state index contributed by atoms with van der Waals surface area (Å²) in [5.41, 5.74) is 0.260. The minimum atomic E-state index is -0.372. The molecule has 0 aromatic rings. The summed E-state index contributed by atoms with van der Waals surface area (Å²) in [5.74, 6) is -0.699. The fourth-order valence-corrected chi connectivity index (χ4v) is 1.29. The zero-order valence-corrected chi connectivity index (χ0v) is 6.82. The van der Waals surface area contributed by atoms with Gasteiger partial charge in [-0.25, -0.2) is 8.78 Å². The maximum absolute atomic E-state index is 12.9. The second-order valence-electron chi connectivity index (χ2n) is 3.06. The van der Waals surface area contributed by atoms with Gasteiger partial charge in [0, 0.05) is 12.0 Å². The van der Waals surface area contributed by atoms with E-state index < -0.39 is 0 Å². The van der Waals surface area contributed by atoms with Crippen LogP contribution in [-0.2, 0) is 0 Å². The van der Waals surface area contributed by atoms with Crippen molar-refractivity contribution in [3.63, 3.8) is 0 Å². The molecule has 0 aromatic carbocycles. The molecule has 1 aliphatic rings. The zero-order chi connectivity index (χ0) is 8.43. The van der Waals surface area contributed by atoms with Gasteiger partial charge in [0.25, 0.3) is 0 Å². The van der Waals surface area contributed by atoms with E-state index in [1.807, 2.05) is 0 Å². The van der Waals surface area contributed by atoms with Gasteiger partial charge in [-0.05, 0) is 18.4 Å². The van der Waals surface area contributed by atoms with Crippen molar-refractivity contribution in [3.8, 4) is 0 Å². The highest BCUT2D eigenvalue weighted by atomic mass is 19.1. The lowest BCUT2D eigenvalue weighted by Gasteiger charge is -2.14. The fourth-order valence-electron chi connectivity index (χ4n) is 1.29. The van der Waals surface area contributed by atoms with E-state index in [1.165, 1.54) is 6.08 Å². The van der Waals surface area contributed by atoms with Gasteiger partial charge in [0.05, 0.1) is 0 Å². The first kappa shape index (κ1) is 8.44. The topological polar surface area (TPSA) is 0 Å². The molecule has 11 heavy (non-hydrogen) atoms. The van der Waals surface area contributed by atoms with E-state index in [0.29, 0.717) is 12.8 Å². The Morgan fingerprint density at radius 2 is 2.00 bits per heavy atom. The van der Waals surface area contributed by atoms with Gasteiger partial charge in [0.15, 0.2) is 0 Å². The summed E-state index contributed by atoms with van der Waals surface area (Å²) in [6.45, 7) is 3.60. The predicted molar refractivity (Wildman–Crippen MR) is 41.4 cm³/mol. The maximum Gasteiger partial charge on any atom is 0.125 e. The molecule has 1 rings (SSSR count). The molecule has 0 amide bonds. The highest BCUT2D eigenvalue weighted by Gasteiger charge is 2.18. The Kier molecular flexibility index (Phi) is 2.42. The van der Waals surface area contributed by atoms with E-state index in [9.17, 15) is 8.78 Å². The Balaban J connectivity index is 2.94. The van der Waals surface area contributed by atoms with Crippen molar-refractivity contribution < 1.29 is 8.78 Å². The van der Waals surface area contributed by atoms with Crippen LogP contribution in [0.2, 0.25) is 0 Å². The third-order valence-electron chi connectivity index (χ3n) is 1.81. The Bertz CT molecular complexity index is 212. The largest absolute Gasteiger partial charge is 0.211 e. The van der Waals surface area contributed by atoms with E-state index in [1.54, 1.807) is 13.8 Å². The molecule has 0 saturated carbocycles. The standard InChI is InChI=1S/C9H12F2/c1-6(2)9-7(10)4-3-5-8(9)11/h4,6H,3,5H2,1-2H3. The number of halogens is 2.